The maximum atomic E-state index is 11.8. The fourth-order valence-corrected chi connectivity index (χ4v) is 1.63. The SMILES string of the molecule is COc1nc(CNC(=O)c2ccc(Br)o2)nc(OC)n1. The first-order valence-corrected chi connectivity index (χ1v) is 6.28. The van der Waals surface area contributed by atoms with E-state index < -0.39 is 0 Å². The zero-order valence-electron chi connectivity index (χ0n) is 10.7. The van der Waals surface area contributed by atoms with Gasteiger partial charge in [0.1, 0.15) is 0 Å². The summed E-state index contributed by atoms with van der Waals surface area (Å²) in [6.45, 7) is 0.0897. The van der Waals surface area contributed by atoms with Gasteiger partial charge in [-0.1, -0.05) is 0 Å². The average molecular weight is 343 g/mol. The van der Waals surface area contributed by atoms with Crippen LogP contribution in [0.3, 0.4) is 0 Å². The Hall–Kier alpha value is -2.16. The number of rotatable bonds is 5. The van der Waals surface area contributed by atoms with Gasteiger partial charge in [-0.05, 0) is 28.1 Å². The number of methoxy groups -OCH3 is 2. The van der Waals surface area contributed by atoms with Gasteiger partial charge in [-0.25, -0.2) is 0 Å². The molecule has 2 heterocycles. The number of aromatic nitrogens is 3. The first-order valence-electron chi connectivity index (χ1n) is 5.49. The highest BCUT2D eigenvalue weighted by atomic mass is 79.9. The van der Waals surface area contributed by atoms with Crippen molar-refractivity contribution in [2.75, 3.05) is 14.2 Å². The van der Waals surface area contributed by atoms with Crippen LogP contribution in [0.4, 0.5) is 0 Å². The van der Waals surface area contributed by atoms with Gasteiger partial charge in [-0.15, -0.1) is 4.98 Å². The van der Waals surface area contributed by atoms with Gasteiger partial charge in [0.25, 0.3) is 5.91 Å². The molecule has 0 spiro atoms. The molecule has 9 heteroatoms. The highest BCUT2D eigenvalue weighted by Crippen LogP contribution is 2.14. The number of carbonyl (C=O) groups excluding carboxylic acids is 1. The van der Waals surface area contributed by atoms with Crippen molar-refractivity contribution in [2.24, 2.45) is 0 Å². The summed E-state index contributed by atoms with van der Waals surface area (Å²) >= 11 is 3.12. The van der Waals surface area contributed by atoms with E-state index in [1.54, 1.807) is 12.1 Å². The maximum absolute atomic E-state index is 11.8. The Kier molecular flexibility index (Phi) is 4.51. The van der Waals surface area contributed by atoms with Gasteiger partial charge in [0.2, 0.25) is 0 Å². The molecule has 0 saturated heterocycles. The number of hydrogen-bond acceptors (Lipinski definition) is 7. The van der Waals surface area contributed by atoms with Crippen molar-refractivity contribution in [2.45, 2.75) is 6.54 Å². The molecule has 0 aliphatic carbocycles. The molecule has 2 aromatic heterocycles. The lowest BCUT2D eigenvalue weighted by Gasteiger charge is -2.05. The molecule has 1 N–H and O–H groups in total. The number of amides is 1. The minimum absolute atomic E-state index is 0.0897. The van der Waals surface area contributed by atoms with Gasteiger partial charge in [-0.3, -0.25) is 4.79 Å². The molecule has 0 aromatic carbocycles. The number of hydrogen-bond donors (Lipinski definition) is 1. The Morgan fingerprint density at radius 3 is 2.40 bits per heavy atom. The Morgan fingerprint density at radius 1 is 1.25 bits per heavy atom. The van der Waals surface area contributed by atoms with Crippen molar-refractivity contribution < 1.29 is 18.7 Å². The van der Waals surface area contributed by atoms with Crippen LogP contribution in [-0.4, -0.2) is 35.1 Å². The van der Waals surface area contributed by atoms with E-state index in [0.29, 0.717) is 10.5 Å². The highest BCUT2D eigenvalue weighted by molar-refractivity contribution is 9.10. The molecule has 0 bridgehead atoms. The largest absolute Gasteiger partial charge is 0.467 e. The molecule has 8 nitrogen and oxygen atoms in total. The van der Waals surface area contributed by atoms with Crippen molar-refractivity contribution in [1.82, 2.24) is 20.3 Å². The fraction of sp³-hybridized carbons (Fsp3) is 0.273. The topological polar surface area (TPSA) is 99.4 Å². The van der Waals surface area contributed by atoms with Gasteiger partial charge in [-0.2, -0.15) is 9.97 Å². The molecule has 0 atom stereocenters. The van der Waals surface area contributed by atoms with Crippen molar-refractivity contribution in [3.8, 4) is 12.0 Å². The zero-order valence-corrected chi connectivity index (χ0v) is 12.3. The molecule has 106 valence electrons. The summed E-state index contributed by atoms with van der Waals surface area (Å²) in [5.41, 5.74) is 0. The third kappa shape index (κ3) is 3.44. The van der Waals surface area contributed by atoms with Crippen LogP contribution in [0.5, 0.6) is 12.0 Å². The predicted octanol–water partition coefficient (Wildman–Crippen LogP) is 1.17. The number of furan rings is 1. The third-order valence-electron chi connectivity index (χ3n) is 2.21. The second kappa shape index (κ2) is 6.33. The van der Waals surface area contributed by atoms with Crippen molar-refractivity contribution in [1.29, 1.82) is 0 Å². The smallest absolute Gasteiger partial charge is 0.322 e. The number of carbonyl (C=O) groups is 1. The Labute approximate surface area is 122 Å². The predicted molar refractivity (Wildman–Crippen MR) is 70.5 cm³/mol. The second-order valence-corrected chi connectivity index (χ2v) is 4.29. The van der Waals surface area contributed by atoms with E-state index in [2.05, 4.69) is 36.2 Å². The lowest BCUT2D eigenvalue weighted by Crippen LogP contribution is -2.23. The van der Waals surface area contributed by atoms with E-state index in [-0.39, 0.29) is 30.2 Å². The van der Waals surface area contributed by atoms with Crippen LogP contribution in [-0.2, 0) is 6.54 Å². The van der Waals surface area contributed by atoms with Crippen LogP contribution < -0.4 is 14.8 Å². The number of nitrogens with one attached hydrogen (secondary N) is 1. The van der Waals surface area contributed by atoms with Crippen LogP contribution in [0.1, 0.15) is 16.4 Å². The van der Waals surface area contributed by atoms with Crippen molar-refractivity contribution >= 4 is 21.8 Å². The molecular formula is C11H11BrN4O4. The molecule has 0 saturated carbocycles. The molecule has 1 amide bonds. The molecule has 20 heavy (non-hydrogen) atoms. The van der Waals surface area contributed by atoms with Gasteiger partial charge in [0, 0.05) is 0 Å². The van der Waals surface area contributed by atoms with Gasteiger partial charge < -0.3 is 19.2 Å². The van der Waals surface area contributed by atoms with E-state index >= 15 is 0 Å². The molecule has 0 aliphatic heterocycles. The Morgan fingerprint density at radius 2 is 1.90 bits per heavy atom. The quantitative estimate of drug-likeness (QED) is 0.870. The summed E-state index contributed by atoms with van der Waals surface area (Å²) in [4.78, 5) is 23.6. The molecule has 0 fully saturated rings. The van der Waals surface area contributed by atoms with Crippen LogP contribution >= 0.6 is 15.9 Å². The minimum Gasteiger partial charge on any atom is -0.467 e. The van der Waals surface area contributed by atoms with E-state index in [4.69, 9.17) is 13.9 Å². The third-order valence-corrected chi connectivity index (χ3v) is 2.64. The lowest BCUT2D eigenvalue weighted by molar-refractivity contribution is 0.0920. The molecule has 2 rings (SSSR count). The summed E-state index contributed by atoms with van der Waals surface area (Å²) in [5, 5.41) is 2.61. The second-order valence-electron chi connectivity index (χ2n) is 3.51. The van der Waals surface area contributed by atoms with Gasteiger partial charge in [0.05, 0.1) is 20.8 Å². The van der Waals surface area contributed by atoms with E-state index in [1.165, 1.54) is 14.2 Å². The van der Waals surface area contributed by atoms with Crippen LogP contribution in [0.15, 0.2) is 21.2 Å². The van der Waals surface area contributed by atoms with Crippen LogP contribution in [0.25, 0.3) is 0 Å². The van der Waals surface area contributed by atoms with Gasteiger partial charge >= 0.3 is 12.0 Å². The Bertz CT molecular complexity index is 594. The zero-order chi connectivity index (χ0) is 14.5. The number of nitrogens with zero attached hydrogens (tertiary/aromatic N) is 3. The summed E-state index contributed by atoms with van der Waals surface area (Å²) in [6, 6.07) is 3.40. The summed E-state index contributed by atoms with van der Waals surface area (Å²) in [6.07, 6.45) is 0. The van der Waals surface area contributed by atoms with Crippen LogP contribution in [0.2, 0.25) is 0 Å². The highest BCUT2D eigenvalue weighted by Gasteiger charge is 2.12. The van der Waals surface area contributed by atoms with Gasteiger partial charge in [0.15, 0.2) is 16.3 Å². The minimum atomic E-state index is -0.381. The standard InChI is InChI=1S/C11H11BrN4O4/c1-18-10-14-8(15-11(16-10)19-2)5-13-9(17)6-3-4-7(12)20-6/h3-4H,5H2,1-2H3,(H,13,17). The summed E-state index contributed by atoms with van der Waals surface area (Å²) in [5.74, 6) is 0.117. The van der Waals surface area contributed by atoms with E-state index in [1.807, 2.05) is 0 Å². The fourth-order valence-electron chi connectivity index (χ4n) is 1.32. The first kappa shape index (κ1) is 14.3. The van der Waals surface area contributed by atoms with E-state index in [9.17, 15) is 4.79 Å². The molecule has 0 unspecified atom stereocenters. The molecular weight excluding hydrogens is 332 g/mol. The lowest BCUT2D eigenvalue weighted by atomic mass is 10.4. The molecule has 0 radical (unpaired) electrons. The number of halogens is 1. The summed E-state index contributed by atoms with van der Waals surface area (Å²) in [7, 11) is 2.86. The first-order chi connectivity index (χ1) is 9.62. The van der Waals surface area contributed by atoms with Crippen molar-refractivity contribution in [3.63, 3.8) is 0 Å². The number of ether oxygens (including phenoxy) is 2. The van der Waals surface area contributed by atoms with E-state index in [0.717, 1.165) is 0 Å². The maximum Gasteiger partial charge on any atom is 0.322 e. The normalized spacial score (nSPS) is 10.2. The monoisotopic (exact) mass is 342 g/mol. The van der Waals surface area contributed by atoms with Crippen molar-refractivity contribution in [3.05, 3.63) is 28.4 Å². The Balaban J connectivity index is 2.05. The summed E-state index contributed by atoms with van der Waals surface area (Å²) < 4.78 is 15.4. The average Bonchev–Trinajstić information content (AvgIpc) is 2.91. The molecule has 2 aromatic rings. The molecule has 0 aliphatic rings. The van der Waals surface area contributed by atoms with Crippen LogP contribution in [0, 0.1) is 0 Å².